The zero-order chi connectivity index (χ0) is 8.39. The van der Waals surface area contributed by atoms with Gasteiger partial charge in [-0.05, 0) is 19.1 Å². The summed E-state index contributed by atoms with van der Waals surface area (Å²) in [6.45, 7) is 3.71. The minimum Gasteiger partial charge on any atom is -0.490 e. The van der Waals surface area contributed by atoms with Crippen molar-refractivity contribution in [1.82, 2.24) is 10.3 Å². The predicted octanol–water partition coefficient (Wildman–Crippen LogP) is 1.12. The van der Waals surface area contributed by atoms with Crippen LogP contribution in [0, 0.1) is 0 Å². The molecule has 1 aliphatic heterocycles. The Hall–Kier alpha value is -1.09. The fourth-order valence-corrected chi connectivity index (χ4v) is 1.38. The molecular weight excluding hydrogens is 152 g/mol. The Morgan fingerprint density at radius 1 is 1.67 bits per heavy atom. The molecule has 1 N–H and O–H groups in total. The van der Waals surface area contributed by atoms with E-state index >= 15 is 0 Å². The normalized spacial score (nSPS) is 22.2. The highest BCUT2D eigenvalue weighted by atomic mass is 16.5. The standard InChI is InChI=1S/C9H12N2O/c1-7-9-8(3-2-4-11-9)12-6-5-10-7/h2-4,7,10H,5-6H2,1H3. The van der Waals surface area contributed by atoms with Crippen LogP contribution < -0.4 is 10.1 Å². The molecule has 12 heavy (non-hydrogen) atoms. The van der Waals surface area contributed by atoms with Crippen molar-refractivity contribution >= 4 is 0 Å². The number of hydrogen-bond donors (Lipinski definition) is 1. The first-order valence-electron chi connectivity index (χ1n) is 4.19. The van der Waals surface area contributed by atoms with Gasteiger partial charge in [-0.15, -0.1) is 0 Å². The number of rotatable bonds is 0. The van der Waals surface area contributed by atoms with Crippen LogP contribution in [-0.4, -0.2) is 18.1 Å². The third-order valence-corrected chi connectivity index (χ3v) is 2.02. The van der Waals surface area contributed by atoms with Crippen molar-refractivity contribution in [2.75, 3.05) is 13.2 Å². The molecule has 0 spiro atoms. The zero-order valence-corrected chi connectivity index (χ0v) is 7.08. The Morgan fingerprint density at radius 3 is 3.50 bits per heavy atom. The van der Waals surface area contributed by atoms with Gasteiger partial charge >= 0.3 is 0 Å². The van der Waals surface area contributed by atoms with E-state index in [0.717, 1.165) is 24.6 Å². The summed E-state index contributed by atoms with van der Waals surface area (Å²) < 4.78 is 5.49. The van der Waals surface area contributed by atoms with E-state index in [1.807, 2.05) is 12.1 Å². The topological polar surface area (TPSA) is 34.1 Å². The lowest BCUT2D eigenvalue weighted by Crippen LogP contribution is -2.20. The average molecular weight is 164 g/mol. The Bertz CT molecular complexity index is 275. The monoisotopic (exact) mass is 164 g/mol. The van der Waals surface area contributed by atoms with Crippen molar-refractivity contribution < 1.29 is 4.74 Å². The molecule has 0 radical (unpaired) electrons. The Labute approximate surface area is 71.8 Å². The molecule has 3 nitrogen and oxygen atoms in total. The fourth-order valence-electron chi connectivity index (χ4n) is 1.38. The first-order valence-corrected chi connectivity index (χ1v) is 4.19. The van der Waals surface area contributed by atoms with Crippen LogP contribution in [-0.2, 0) is 0 Å². The van der Waals surface area contributed by atoms with E-state index in [1.165, 1.54) is 0 Å². The first-order chi connectivity index (χ1) is 5.88. The van der Waals surface area contributed by atoms with Gasteiger partial charge in [0.2, 0.25) is 0 Å². The molecule has 0 saturated heterocycles. The van der Waals surface area contributed by atoms with Crippen LogP contribution in [0.4, 0.5) is 0 Å². The molecule has 64 valence electrons. The summed E-state index contributed by atoms with van der Waals surface area (Å²) in [5.74, 6) is 0.912. The molecule has 1 atom stereocenters. The van der Waals surface area contributed by atoms with Crippen LogP contribution in [0.25, 0.3) is 0 Å². The molecule has 0 aliphatic carbocycles. The Balaban J connectivity index is 2.39. The van der Waals surface area contributed by atoms with Gasteiger partial charge in [-0.25, -0.2) is 0 Å². The van der Waals surface area contributed by atoms with Gasteiger partial charge in [-0.2, -0.15) is 0 Å². The lowest BCUT2D eigenvalue weighted by atomic mass is 10.2. The van der Waals surface area contributed by atoms with E-state index in [4.69, 9.17) is 4.74 Å². The third-order valence-electron chi connectivity index (χ3n) is 2.02. The van der Waals surface area contributed by atoms with Crippen LogP contribution >= 0.6 is 0 Å². The van der Waals surface area contributed by atoms with E-state index in [-0.39, 0.29) is 0 Å². The highest BCUT2D eigenvalue weighted by molar-refractivity contribution is 5.29. The lowest BCUT2D eigenvalue weighted by molar-refractivity contribution is 0.324. The van der Waals surface area contributed by atoms with Crippen molar-refractivity contribution in [2.24, 2.45) is 0 Å². The molecule has 0 bridgehead atoms. The molecule has 2 rings (SSSR count). The predicted molar refractivity (Wildman–Crippen MR) is 46.1 cm³/mol. The van der Waals surface area contributed by atoms with Crippen LogP contribution in [0.5, 0.6) is 5.75 Å². The molecule has 1 aliphatic rings. The molecule has 2 heterocycles. The van der Waals surface area contributed by atoms with Crippen molar-refractivity contribution in [1.29, 1.82) is 0 Å². The number of nitrogens with one attached hydrogen (secondary N) is 1. The zero-order valence-electron chi connectivity index (χ0n) is 7.08. The van der Waals surface area contributed by atoms with Crippen LogP contribution in [0.15, 0.2) is 18.3 Å². The number of pyridine rings is 1. The van der Waals surface area contributed by atoms with Crippen molar-refractivity contribution in [3.8, 4) is 5.75 Å². The molecule has 0 aromatic carbocycles. The molecule has 1 unspecified atom stereocenters. The number of fused-ring (bicyclic) bond motifs is 1. The third kappa shape index (κ3) is 1.28. The maximum atomic E-state index is 5.49. The summed E-state index contributed by atoms with van der Waals surface area (Å²) in [7, 11) is 0. The van der Waals surface area contributed by atoms with E-state index < -0.39 is 0 Å². The van der Waals surface area contributed by atoms with Gasteiger partial charge in [0.15, 0.2) is 0 Å². The van der Waals surface area contributed by atoms with Crippen molar-refractivity contribution in [3.63, 3.8) is 0 Å². The molecular formula is C9H12N2O. The summed E-state index contributed by atoms with van der Waals surface area (Å²) >= 11 is 0. The summed E-state index contributed by atoms with van der Waals surface area (Å²) in [5, 5.41) is 3.31. The first kappa shape index (κ1) is 7.55. The second-order valence-corrected chi connectivity index (χ2v) is 2.91. The van der Waals surface area contributed by atoms with Crippen LogP contribution in [0.3, 0.4) is 0 Å². The van der Waals surface area contributed by atoms with Gasteiger partial charge in [0, 0.05) is 12.7 Å². The summed E-state index contributed by atoms with van der Waals surface area (Å²) in [4.78, 5) is 4.27. The highest BCUT2D eigenvalue weighted by Gasteiger charge is 2.15. The molecule has 1 aromatic rings. The van der Waals surface area contributed by atoms with Crippen molar-refractivity contribution in [3.05, 3.63) is 24.0 Å². The average Bonchev–Trinajstić information content (AvgIpc) is 2.29. The van der Waals surface area contributed by atoms with E-state index in [9.17, 15) is 0 Å². The molecule has 0 saturated carbocycles. The SMILES string of the molecule is CC1NCCOc2cccnc21. The smallest absolute Gasteiger partial charge is 0.142 e. The van der Waals surface area contributed by atoms with Crippen molar-refractivity contribution in [2.45, 2.75) is 13.0 Å². The maximum absolute atomic E-state index is 5.49. The largest absolute Gasteiger partial charge is 0.490 e. The Kier molecular flexibility index (Phi) is 1.96. The Morgan fingerprint density at radius 2 is 2.58 bits per heavy atom. The quantitative estimate of drug-likeness (QED) is 0.624. The summed E-state index contributed by atoms with van der Waals surface area (Å²) in [6.07, 6.45) is 1.80. The van der Waals surface area contributed by atoms with E-state index in [0.29, 0.717) is 6.04 Å². The fraction of sp³-hybridized carbons (Fsp3) is 0.444. The van der Waals surface area contributed by atoms with Gasteiger partial charge < -0.3 is 10.1 Å². The highest BCUT2D eigenvalue weighted by Crippen LogP contribution is 2.23. The van der Waals surface area contributed by atoms with Gasteiger partial charge in [-0.3, -0.25) is 4.98 Å². The minimum atomic E-state index is 0.295. The second-order valence-electron chi connectivity index (χ2n) is 2.91. The van der Waals surface area contributed by atoms with Gasteiger partial charge in [0.1, 0.15) is 12.4 Å². The number of nitrogens with zero attached hydrogens (tertiary/aromatic N) is 1. The minimum absolute atomic E-state index is 0.295. The number of aromatic nitrogens is 1. The van der Waals surface area contributed by atoms with E-state index in [1.54, 1.807) is 6.20 Å². The van der Waals surface area contributed by atoms with Gasteiger partial charge in [0.25, 0.3) is 0 Å². The summed E-state index contributed by atoms with van der Waals surface area (Å²) in [6, 6.07) is 4.16. The lowest BCUT2D eigenvalue weighted by Gasteiger charge is -2.09. The molecule has 0 amide bonds. The number of hydrogen-bond acceptors (Lipinski definition) is 3. The molecule has 0 fully saturated rings. The maximum Gasteiger partial charge on any atom is 0.142 e. The molecule has 1 aromatic heterocycles. The number of ether oxygens (including phenoxy) is 1. The van der Waals surface area contributed by atoms with Gasteiger partial charge in [-0.1, -0.05) is 0 Å². The summed E-state index contributed by atoms with van der Waals surface area (Å²) in [5.41, 5.74) is 1.01. The van der Waals surface area contributed by atoms with Crippen LogP contribution in [0.2, 0.25) is 0 Å². The van der Waals surface area contributed by atoms with Gasteiger partial charge in [0.05, 0.1) is 11.7 Å². The van der Waals surface area contributed by atoms with E-state index in [2.05, 4.69) is 17.2 Å². The molecule has 3 heteroatoms. The van der Waals surface area contributed by atoms with Crippen LogP contribution in [0.1, 0.15) is 18.7 Å². The second kappa shape index (κ2) is 3.11.